The first kappa shape index (κ1) is 12.6. The number of methoxy groups -OCH3 is 1. The first-order chi connectivity index (χ1) is 9.22. The van der Waals surface area contributed by atoms with E-state index in [4.69, 9.17) is 9.47 Å². The number of nitrogens with zero attached hydrogens (tertiary/aromatic N) is 2. The van der Waals surface area contributed by atoms with Crippen LogP contribution in [0.25, 0.3) is 0 Å². The Morgan fingerprint density at radius 1 is 1.68 bits per heavy atom. The van der Waals surface area contributed by atoms with Crippen LogP contribution in [-0.2, 0) is 16.5 Å². The van der Waals surface area contributed by atoms with Crippen molar-refractivity contribution in [3.8, 4) is 0 Å². The smallest absolute Gasteiger partial charge is 0.269 e. The molecule has 1 amide bonds. The van der Waals surface area contributed by atoms with Gasteiger partial charge in [-0.1, -0.05) is 0 Å². The number of hydrogen-bond acceptors (Lipinski definition) is 4. The number of fused-ring (bicyclic) bond motifs is 1. The molecule has 0 bridgehead atoms. The van der Waals surface area contributed by atoms with E-state index in [-0.39, 0.29) is 24.0 Å². The van der Waals surface area contributed by atoms with E-state index >= 15 is 0 Å². The van der Waals surface area contributed by atoms with Gasteiger partial charge in [0.2, 0.25) is 0 Å². The van der Waals surface area contributed by atoms with Gasteiger partial charge in [-0.2, -0.15) is 0 Å². The van der Waals surface area contributed by atoms with Crippen molar-refractivity contribution in [2.24, 2.45) is 18.9 Å². The van der Waals surface area contributed by atoms with E-state index in [2.05, 4.69) is 10.3 Å². The van der Waals surface area contributed by atoms with Gasteiger partial charge in [0.1, 0.15) is 5.69 Å². The van der Waals surface area contributed by atoms with Gasteiger partial charge < -0.3 is 19.4 Å². The molecule has 2 aliphatic rings. The van der Waals surface area contributed by atoms with Gasteiger partial charge in [-0.25, -0.2) is 4.98 Å². The summed E-state index contributed by atoms with van der Waals surface area (Å²) in [6.45, 7) is 1.41. The SMILES string of the molecule is COC[C@@H]1[C@H](NC(=O)c2cncn2C)[C@H]2CCO[C@H]21. The molecule has 6 heteroatoms. The van der Waals surface area contributed by atoms with Crippen LogP contribution in [0.2, 0.25) is 0 Å². The number of carbonyl (C=O) groups excluding carboxylic acids is 1. The molecule has 104 valence electrons. The fraction of sp³-hybridized carbons (Fsp3) is 0.692. The van der Waals surface area contributed by atoms with Crippen molar-refractivity contribution >= 4 is 5.91 Å². The van der Waals surface area contributed by atoms with Crippen molar-refractivity contribution in [3.63, 3.8) is 0 Å². The Morgan fingerprint density at radius 2 is 2.53 bits per heavy atom. The summed E-state index contributed by atoms with van der Waals surface area (Å²) in [4.78, 5) is 16.2. The fourth-order valence-corrected chi connectivity index (χ4v) is 3.24. The third kappa shape index (κ3) is 2.04. The molecule has 1 aromatic rings. The molecule has 2 heterocycles. The van der Waals surface area contributed by atoms with E-state index in [0.717, 1.165) is 13.0 Å². The number of rotatable bonds is 4. The molecule has 1 saturated carbocycles. The average Bonchev–Trinajstić information content (AvgIpc) is 2.99. The molecule has 2 fully saturated rings. The molecule has 1 aromatic heterocycles. The molecule has 1 N–H and O–H groups in total. The highest BCUT2D eigenvalue weighted by Gasteiger charge is 2.54. The predicted molar refractivity (Wildman–Crippen MR) is 67.7 cm³/mol. The molecule has 6 nitrogen and oxygen atoms in total. The van der Waals surface area contributed by atoms with Crippen molar-refractivity contribution in [1.82, 2.24) is 14.9 Å². The van der Waals surface area contributed by atoms with Crippen LogP contribution in [0.3, 0.4) is 0 Å². The second-order valence-electron chi connectivity index (χ2n) is 5.30. The Kier molecular flexibility index (Phi) is 3.28. The van der Waals surface area contributed by atoms with Crippen LogP contribution in [0.4, 0.5) is 0 Å². The molecule has 19 heavy (non-hydrogen) atoms. The second-order valence-corrected chi connectivity index (χ2v) is 5.30. The highest BCUT2D eigenvalue weighted by atomic mass is 16.5. The standard InChI is InChI=1S/C13H19N3O3/c1-16-7-14-5-10(16)13(17)15-11-8-3-4-19-12(8)9(11)6-18-2/h5,7-9,11-12H,3-4,6H2,1-2H3,(H,15,17)/t8-,9-,11-,12-/m1/s1. The number of imidazole rings is 1. The molecule has 0 spiro atoms. The predicted octanol–water partition coefficient (Wildman–Crippen LogP) is 0.200. The summed E-state index contributed by atoms with van der Waals surface area (Å²) in [5, 5.41) is 3.11. The van der Waals surface area contributed by atoms with Crippen LogP contribution in [0.5, 0.6) is 0 Å². The van der Waals surface area contributed by atoms with Crippen molar-refractivity contribution in [2.45, 2.75) is 18.6 Å². The van der Waals surface area contributed by atoms with Crippen LogP contribution >= 0.6 is 0 Å². The minimum absolute atomic E-state index is 0.0727. The van der Waals surface area contributed by atoms with E-state index in [1.807, 2.05) is 7.05 Å². The number of ether oxygens (including phenoxy) is 2. The molecule has 3 rings (SSSR count). The van der Waals surface area contributed by atoms with Gasteiger partial charge in [0, 0.05) is 38.6 Å². The van der Waals surface area contributed by atoms with Crippen molar-refractivity contribution in [1.29, 1.82) is 0 Å². The van der Waals surface area contributed by atoms with E-state index < -0.39 is 0 Å². The Labute approximate surface area is 112 Å². The molecule has 0 aromatic carbocycles. The molecule has 1 aliphatic carbocycles. The zero-order valence-electron chi connectivity index (χ0n) is 11.2. The summed E-state index contributed by atoms with van der Waals surface area (Å²) in [7, 11) is 3.50. The monoisotopic (exact) mass is 265 g/mol. The lowest BCUT2D eigenvalue weighted by Crippen LogP contribution is -2.62. The highest BCUT2D eigenvalue weighted by molar-refractivity contribution is 5.92. The largest absolute Gasteiger partial charge is 0.384 e. The molecule has 0 radical (unpaired) electrons. The average molecular weight is 265 g/mol. The number of aromatic nitrogens is 2. The molecule has 1 aliphatic heterocycles. The molecular formula is C13H19N3O3. The van der Waals surface area contributed by atoms with Gasteiger partial charge in [0.25, 0.3) is 5.91 Å². The Morgan fingerprint density at radius 3 is 3.21 bits per heavy atom. The van der Waals surface area contributed by atoms with Crippen molar-refractivity contribution in [2.75, 3.05) is 20.3 Å². The Bertz CT molecular complexity index is 473. The van der Waals surface area contributed by atoms with E-state index in [9.17, 15) is 4.79 Å². The van der Waals surface area contributed by atoms with E-state index in [1.165, 1.54) is 0 Å². The number of carbonyl (C=O) groups is 1. The zero-order chi connectivity index (χ0) is 13.4. The third-order valence-corrected chi connectivity index (χ3v) is 4.23. The molecule has 0 unspecified atom stereocenters. The number of aryl methyl sites for hydroxylation is 1. The fourth-order valence-electron chi connectivity index (χ4n) is 3.24. The van der Waals surface area contributed by atoms with Gasteiger partial charge in [-0.15, -0.1) is 0 Å². The van der Waals surface area contributed by atoms with Crippen LogP contribution < -0.4 is 5.32 Å². The van der Waals surface area contributed by atoms with Crippen LogP contribution in [0.15, 0.2) is 12.5 Å². The van der Waals surface area contributed by atoms with Crippen LogP contribution in [0.1, 0.15) is 16.9 Å². The number of amides is 1. The lowest BCUT2D eigenvalue weighted by atomic mass is 9.67. The van der Waals surface area contributed by atoms with Gasteiger partial charge in [0.15, 0.2) is 0 Å². The lowest BCUT2D eigenvalue weighted by Gasteiger charge is -2.47. The summed E-state index contributed by atoms with van der Waals surface area (Å²) in [5.74, 6) is 0.614. The van der Waals surface area contributed by atoms with Crippen molar-refractivity contribution in [3.05, 3.63) is 18.2 Å². The first-order valence-electron chi connectivity index (χ1n) is 6.60. The first-order valence-corrected chi connectivity index (χ1v) is 6.60. The third-order valence-electron chi connectivity index (χ3n) is 4.23. The molecule has 1 saturated heterocycles. The summed E-state index contributed by atoms with van der Waals surface area (Å²) in [6.07, 6.45) is 4.48. The summed E-state index contributed by atoms with van der Waals surface area (Å²) in [5.41, 5.74) is 0.582. The van der Waals surface area contributed by atoms with Gasteiger partial charge in [-0.3, -0.25) is 4.79 Å². The molecular weight excluding hydrogens is 246 g/mol. The van der Waals surface area contributed by atoms with Gasteiger partial charge in [-0.05, 0) is 6.42 Å². The van der Waals surface area contributed by atoms with Gasteiger partial charge >= 0.3 is 0 Å². The van der Waals surface area contributed by atoms with Crippen LogP contribution in [-0.4, -0.2) is 47.9 Å². The molecule has 4 atom stereocenters. The Hall–Kier alpha value is -1.40. The maximum atomic E-state index is 12.2. The zero-order valence-corrected chi connectivity index (χ0v) is 11.2. The van der Waals surface area contributed by atoms with E-state index in [1.54, 1.807) is 24.2 Å². The Balaban J connectivity index is 1.68. The minimum atomic E-state index is -0.0727. The number of hydrogen-bond donors (Lipinski definition) is 1. The lowest BCUT2D eigenvalue weighted by molar-refractivity contribution is -0.0810. The van der Waals surface area contributed by atoms with Crippen molar-refractivity contribution < 1.29 is 14.3 Å². The number of nitrogens with one attached hydrogen (secondary N) is 1. The minimum Gasteiger partial charge on any atom is -0.384 e. The maximum Gasteiger partial charge on any atom is 0.269 e. The van der Waals surface area contributed by atoms with Gasteiger partial charge in [0.05, 0.1) is 25.2 Å². The van der Waals surface area contributed by atoms with E-state index in [0.29, 0.717) is 18.2 Å². The summed E-state index contributed by atoms with van der Waals surface area (Å²) in [6, 6.07) is 0.148. The topological polar surface area (TPSA) is 65.4 Å². The summed E-state index contributed by atoms with van der Waals surface area (Å²) >= 11 is 0. The second kappa shape index (κ2) is 4.94. The quantitative estimate of drug-likeness (QED) is 0.844. The van der Waals surface area contributed by atoms with Crippen LogP contribution in [0, 0.1) is 11.8 Å². The maximum absolute atomic E-state index is 12.2. The normalized spacial score (nSPS) is 32.7. The highest BCUT2D eigenvalue weighted by Crippen LogP contribution is 2.43. The summed E-state index contributed by atoms with van der Waals surface area (Å²) < 4.78 is 12.6.